The Labute approximate surface area is 144 Å². The Morgan fingerprint density at radius 1 is 1.38 bits per heavy atom. The maximum absolute atomic E-state index is 12.1. The summed E-state index contributed by atoms with van der Waals surface area (Å²) in [7, 11) is 0. The lowest BCUT2D eigenvalue weighted by atomic mass is 9.90. The van der Waals surface area contributed by atoms with Crippen LogP contribution in [0.3, 0.4) is 0 Å². The predicted molar refractivity (Wildman–Crippen MR) is 87.2 cm³/mol. The van der Waals surface area contributed by atoms with E-state index in [2.05, 4.69) is 17.0 Å². The van der Waals surface area contributed by atoms with Crippen molar-refractivity contribution < 1.29 is 22.7 Å². The summed E-state index contributed by atoms with van der Waals surface area (Å²) in [6, 6.07) is 5.05. The van der Waals surface area contributed by atoms with Crippen molar-refractivity contribution >= 4 is 24.0 Å². The largest absolute Gasteiger partial charge is 0.573 e. The van der Waals surface area contributed by atoms with E-state index in [9.17, 15) is 18.0 Å². The quantitative estimate of drug-likeness (QED) is 0.839. The van der Waals surface area contributed by atoms with Gasteiger partial charge in [-0.15, -0.1) is 25.6 Å². The number of halogens is 4. The third kappa shape index (κ3) is 6.18. The second kappa shape index (κ2) is 8.04. The maximum Gasteiger partial charge on any atom is 0.573 e. The molecule has 1 aliphatic rings. The van der Waals surface area contributed by atoms with Gasteiger partial charge < -0.3 is 15.8 Å². The van der Waals surface area contributed by atoms with E-state index in [0.29, 0.717) is 12.2 Å². The molecule has 1 aliphatic heterocycles. The minimum Gasteiger partial charge on any atom is -0.406 e. The highest BCUT2D eigenvalue weighted by Gasteiger charge is 2.33. The van der Waals surface area contributed by atoms with Gasteiger partial charge in [0.1, 0.15) is 5.75 Å². The molecule has 136 valence electrons. The van der Waals surface area contributed by atoms with Crippen molar-refractivity contribution in [2.75, 3.05) is 31.5 Å². The van der Waals surface area contributed by atoms with Crippen LogP contribution in [-0.4, -0.2) is 43.3 Å². The van der Waals surface area contributed by atoms with Gasteiger partial charge in [0.25, 0.3) is 0 Å². The van der Waals surface area contributed by atoms with Crippen LogP contribution in [-0.2, 0) is 4.79 Å². The molecule has 1 amide bonds. The fourth-order valence-corrected chi connectivity index (χ4v) is 2.57. The summed E-state index contributed by atoms with van der Waals surface area (Å²) < 4.78 is 40.0. The first-order valence-electron chi connectivity index (χ1n) is 7.27. The van der Waals surface area contributed by atoms with Crippen LogP contribution in [0.4, 0.5) is 18.9 Å². The first kappa shape index (κ1) is 20.5. The normalized spacial score (nSPS) is 21.2. The molecule has 1 aromatic carbocycles. The summed E-state index contributed by atoms with van der Waals surface area (Å²) in [5, 5.41) is 2.66. The first-order valence-corrected chi connectivity index (χ1v) is 7.27. The number of hydrogen-bond donors (Lipinski definition) is 2. The summed E-state index contributed by atoms with van der Waals surface area (Å²) in [4.78, 5) is 14.0. The van der Waals surface area contributed by atoms with Gasteiger partial charge in [-0.2, -0.15) is 0 Å². The van der Waals surface area contributed by atoms with E-state index in [-0.39, 0.29) is 36.0 Å². The number of likely N-dealkylation sites (tertiary alicyclic amines) is 1. The van der Waals surface area contributed by atoms with Crippen molar-refractivity contribution in [2.45, 2.75) is 19.7 Å². The molecule has 1 aromatic rings. The fourth-order valence-electron chi connectivity index (χ4n) is 2.57. The third-order valence-electron chi connectivity index (χ3n) is 3.87. The number of rotatable bonds is 5. The molecule has 1 atom stereocenters. The van der Waals surface area contributed by atoms with Gasteiger partial charge >= 0.3 is 6.36 Å². The number of nitrogens with one attached hydrogen (secondary N) is 1. The fraction of sp³-hybridized carbons (Fsp3) is 0.533. The number of amides is 1. The number of carbonyl (C=O) groups is 1. The van der Waals surface area contributed by atoms with Crippen molar-refractivity contribution in [1.82, 2.24) is 4.90 Å². The SMILES string of the molecule is CC1(CN)CCN(CC(=O)Nc2ccc(OC(F)(F)F)cc2)C1.Cl. The van der Waals surface area contributed by atoms with Gasteiger partial charge in [0, 0.05) is 12.2 Å². The monoisotopic (exact) mass is 367 g/mol. The Morgan fingerprint density at radius 2 is 2.00 bits per heavy atom. The molecule has 1 fully saturated rings. The summed E-state index contributed by atoms with van der Waals surface area (Å²) in [6.07, 6.45) is -3.78. The van der Waals surface area contributed by atoms with E-state index < -0.39 is 6.36 Å². The van der Waals surface area contributed by atoms with Gasteiger partial charge in [-0.25, -0.2) is 0 Å². The molecule has 5 nitrogen and oxygen atoms in total. The number of benzene rings is 1. The number of ether oxygens (including phenoxy) is 1. The smallest absolute Gasteiger partial charge is 0.406 e. The molecule has 0 bridgehead atoms. The second-order valence-corrected chi connectivity index (χ2v) is 6.10. The molecule has 2 rings (SSSR count). The van der Waals surface area contributed by atoms with Crippen molar-refractivity contribution in [3.8, 4) is 5.75 Å². The summed E-state index contributed by atoms with van der Waals surface area (Å²) in [5.41, 5.74) is 6.18. The summed E-state index contributed by atoms with van der Waals surface area (Å²) >= 11 is 0. The molecular formula is C15H21ClF3N3O2. The van der Waals surface area contributed by atoms with Crippen molar-refractivity contribution in [3.05, 3.63) is 24.3 Å². The third-order valence-corrected chi connectivity index (χ3v) is 3.87. The standard InChI is InChI=1S/C15H20F3N3O2.ClH/c1-14(9-19)6-7-21(10-14)8-13(22)20-11-2-4-12(5-3-11)23-15(16,17)18;/h2-5H,6-10,19H2,1H3,(H,20,22);1H. The lowest BCUT2D eigenvalue weighted by Gasteiger charge is -2.22. The highest BCUT2D eigenvalue weighted by Crippen LogP contribution is 2.28. The van der Waals surface area contributed by atoms with Crippen LogP contribution >= 0.6 is 12.4 Å². The van der Waals surface area contributed by atoms with E-state index in [1.54, 1.807) is 0 Å². The predicted octanol–water partition coefficient (Wildman–Crippen LogP) is 2.62. The average molecular weight is 368 g/mol. The highest BCUT2D eigenvalue weighted by molar-refractivity contribution is 5.92. The zero-order valence-electron chi connectivity index (χ0n) is 13.2. The van der Waals surface area contributed by atoms with Gasteiger partial charge in [-0.1, -0.05) is 6.92 Å². The van der Waals surface area contributed by atoms with E-state index in [0.717, 1.165) is 31.6 Å². The van der Waals surface area contributed by atoms with Gasteiger partial charge in [0.2, 0.25) is 5.91 Å². The zero-order valence-corrected chi connectivity index (χ0v) is 14.0. The molecule has 0 aliphatic carbocycles. The van der Waals surface area contributed by atoms with Crippen molar-refractivity contribution in [3.63, 3.8) is 0 Å². The van der Waals surface area contributed by atoms with E-state index in [4.69, 9.17) is 5.73 Å². The van der Waals surface area contributed by atoms with Crippen LogP contribution in [0, 0.1) is 5.41 Å². The zero-order chi connectivity index (χ0) is 17.1. The van der Waals surface area contributed by atoms with E-state index in [1.807, 2.05) is 4.90 Å². The molecule has 3 N–H and O–H groups in total. The molecular weight excluding hydrogens is 347 g/mol. The second-order valence-electron chi connectivity index (χ2n) is 6.10. The van der Waals surface area contributed by atoms with Crippen molar-refractivity contribution in [2.24, 2.45) is 11.1 Å². The van der Waals surface area contributed by atoms with Crippen LogP contribution in [0.15, 0.2) is 24.3 Å². The van der Waals surface area contributed by atoms with Gasteiger partial charge in [-0.05, 0) is 49.2 Å². The number of anilines is 1. The number of nitrogens with two attached hydrogens (primary N) is 1. The average Bonchev–Trinajstić information content (AvgIpc) is 2.81. The van der Waals surface area contributed by atoms with E-state index >= 15 is 0 Å². The van der Waals surface area contributed by atoms with Crippen molar-refractivity contribution in [1.29, 1.82) is 0 Å². The topological polar surface area (TPSA) is 67.6 Å². The molecule has 9 heteroatoms. The molecule has 1 heterocycles. The Balaban J connectivity index is 0.00000288. The minimum atomic E-state index is -4.73. The Kier molecular flexibility index (Phi) is 6.88. The minimum absolute atomic E-state index is 0. The number of hydrogen-bond acceptors (Lipinski definition) is 4. The Morgan fingerprint density at radius 3 is 2.50 bits per heavy atom. The van der Waals surface area contributed by atoms with Gasteiger partial charge in [-0.3, -0.25) is 9.69 Å². The van der Waals surface area contributed by atoms with Crippen LogP contribution in [0.25, 0.3) is 0 Å². The summed E-state index contributed by atoms with van der Waals surface area (Å²) in [5.74, 6) is -0.537. The maximum atomic E-state index is 12.1. The molecule has 0 spiro atoms. The molecule has 1 unspecified atom stereocenters. The molecule has 0 aromatic heterocycles. The lowest BCUT2D eigenvalue weighted by Crippen LogP contribution is -2.35. The van der Waals surface area contributed by atoms with Crippen LogP contribution in [0.5, 0.6) is 5.75 Å². The van der Waals surface area contributed by atoms with Gasteiger partial charge in [0.05, 0.1) is 6.54 Å². The summed E-state index contributed by atoms with van der Waals surface area (Å²) in [6.45, 7) is 4.46. The number of carbonyl (C=O) groups excluding carboxylic acids is 1. The van der Waals surface area contributed by atoms with Gasteiger partial charge in [0.15, 0.2) is 0 Å². The van der Waals surface area contributed by atoms with Crippen LogP contribution in [0.2, 0.25) is 0 Å². The lowest BCUT2D eigenvalue weighted by molar-refractivity contribution is -0.274. The Bertz CT molecular complexity index is 554. The first-order chi connectivity index (χ1) is 10.7. The molecule has 24 heavy (non-hydrogen) atoms. The number of nitrogens with zero attached hydrogens (tertiary/aromatic N) is 1. The highest BCUT2D eigenvalue weighted by atomic mass is 35.5. The van der Waals surface area contributed by atoms with Crippen LogP contribution in [0.1, 0.15) is 13.3 Å². The van der Waals surface area contributed by atoms with E-state index in [1.165, 1.54) is 12.1 Å². The Hall–Kier alpha value is -1.51. The van der Waals surface area contributed by atoms with Crippen LogP contribution < -0.4 is 15.8 Å². The number of alkyl halides is 3. The molecule has 0 radical (unpaired) electrons. The molecule has 1 saturated heterocycles. The molecule has 0 saturated carbocycles.